The third-order valence-corrected chi connectivity index (χ3v) is 9.91. The summed E-state index contributed by atoms with van der Waals surface area (Å²) < 4.78 is 52.4. The monoisotopic (exact) mass is 597 g/mol. The normalized spacial score (nSPS) is 24.5. The minimum Gasteiger partial charge on any atom is -0.508 e. The first kappa shape index (κ1) is 27.2. The number of fused-ring (bicyclic) bond motifs is 4. The van der Waals surface area contributed by atoms with E-state index in [-0.39, 0.29) is 52.1 Å². The Morgan fingerprint density at radius 3 is 2.80 bits per heavy atom. The molecule has 1 N–H and O–H groups in total. The van der Waals surface area contributed by atoms with Crippen LogP contribution in [-0.2, 0) is 0 Å². The number of piperidine rings is 1. The number of phenols is 1. The van der Waals surface area contributed by atoms with Gasteiger partial charge in [0.15, 0.2) is 5.82 Å². The van der Waals surface area contributed by atoms with Gasteiger partial charge in [-0.3, -0.25) is 4.90 Å². The fraction of sp³-hybridized carbons (Fsp3) is 0.382. The molecule has 0 radical (unpaired) electrons. The van der Waals surface area contributed by atoms with Crippen LogP contribution in [0.2, 0.25) is 0 Å². The van der Waals surface area contributed by atoms with Crippen LogP contribution in [0.25, 0.3) is 38.5 Å². The molecule has 3 saturated heterocycles. The number of phenolic OH excluding ortho intramolecular Hbond substituents is 1. The maximum absolute atomic E-state index is 16.9. The van der Waals surface area contributed by atoms with Crippen molar-refractivity contribution in [3.63, 3.8) is 0 Å². The lowest BCUT2D eigenvalue weighted by molar-refractivity contribution is 0.107. The third-order valence-electron chi connectivity index (χ3n) is 9.91. The van der Waals surface area contributed by atoms with Gasteiger partial charge in [0.25, 0.3) is 0 Å². The summed E-state index contributed by atoms with van der Waals surface area (Å²) in [6.07, 6.45) is 9.71. The Labute approximate surface area is 252 Å². The Hall–Kier alpha value is -4.36. The zero-order valence-corrected chi connectivity index (χ0v) is 24.0. The molecule has 4 aromatic rings. The van der Waals surface area contributed by atoms with Crippen molar-refractivity contribution in [2.24, 2.45) is 0 Å². The number of anilines is 1. The van der Waals surface area contributed by atoms with Crippen LogP contribution in [0.5, 0.6) is 11.8 Å². The number of aromatic nitrogens is 3. The number of alkyl halides is 1. The summed E-state index contributed by atoms with van der Waals surface area (Å²) in [7, 11) is 0. The van der Waals surface area contributed by atoms with Crippen LogP contribution < -0.4 is 9.64 Å². The molecule has 2 aromatic carbocycles. The highest BCUT2D eigenvalue weighted by atomic mass is 19.1. The number of rotatable bonds is 4. The molecule has 2 aromatic heterocycles. The van der Waals surface area contributed by atoms with E-state index in [4.69, 9.17) is 21.1 Å². The van der Waals surface area contributed by atoms with Gasteiger partial charge in [-0.25, -0.2) is 18.2 Å². The van der Waals surface area contributed by atoms with Crippen molar-refractivity contribution in [1.29, 1.82) is 0 Å². The van der Waals surface area contributed by atoms with Crippen LogP contribution >= 0.6 is 0 Å². The molecule has 0 aliphatic carbocycles. The molecule has 0 bridgehead atoms. The third kappa shape index (κ3) is 3.91. The van der Waals surface area contributed by atoms with Crippen molar-refractivity contribution < 1.29 is 23.0 Å². The minimum absolute atomic E-state index is 0.00555. The Kier molecular flexibility index (Phi) is 6.08. The van der Waals surface area contributed by atoms with Crippen molar-refractivity contribution >= 4 is 33.1 Å². The Morgan fingerprint density at radius 2 is 1.95 bits per heavy atom. The van der Waals surface area contributed by atoms with Crippen LogP contribution in [0.4, 0.5) is 19.0 Å². The van der Waals surface area contributed by atoms with Gasteiger partial charge in [-0.1, -0.05) is 18.6 Å². The average Bonchev–Trinajstić information content (AvgIpc) is 3.55. The standard InChI is InChI=1S/C34H30F3N5O2/c1-3-22-24(36)9-8-19-13-21(43)14-23(26(19)22)30-28(37)31-27-29(38-30)18(2)25-7-4-5-12-42(25)32(27)40-33(39-31)44-17-34-10-6-11-41(34)16-20(35)15-34/h1,8-9,13-14,20,25,43H,2,4-7,10-12,15-17H2/t20-,25+,34+/m1/s1. The maximum atomic E-state index is 16.9. The SMILES string of the molecule is C#Cc1c(F)ccc2cc(O)cc(-c3nc4c5c(nc(OC[C@@]67CCCN6C[C@H](F)C7)nc5c3F)N3CCCC[C@H]3C4=C)c12. The second kappa shape index (κ2) is 9.83. The number of halogens is 3. The van der Waals surface area contributed by atoms with Crippen molar-refractivity contribution in [2.75, 3.05) is 31.1 Å². The molecule has 7 nitrogen and oxygen atoms in total. The van der Waals surface area contributed by atoms with E-state index in [1.807, 2.05) is 0 Å². The second-order valence-corrected chi connectivity index (χ2v) is 12.4. The lowest BCUT2D eigenvalue weighted by Crippen LogP contribution is -2.44. The van der Waals surface area contributed by atoms with E-state index in [0.29, 0.717) is 47.4 Å². The zero-order valence-electron chi connectivity index (χ0n) is 24.0. The van der Waals surface area contributed by atoms with Gasteiger partial charge in [0, 0.05) is 30.5 Å². The number of pyridine rings is 1. The first-order chi connectivity index (χ1) is 21.3. The zero-order chi connectivity index (χ0) is 30.3. The number of hydrogen-bond donors (Lipinski definition) is 1. The van der Waals surface area contributed by atoms with E-state index in [9.17, 15) is 13.9 Å². The van der Waals surface area contributed by atoms with Crippen LogP contribution in [0.1, 0.15) is 49.8 Å². The molecular formula is C34H30F3N5O2. The largest absolute Gasteiger partial charge is 0.508 e. The molecule has 224 valence electrons. The molecule has 0 saturated carbocycles. The average molecular weight is 598 g/mol. The van der Waals surface area contributed by atoms with Gasteiger partial charge in [0.05, 0.1) is 28.2 Å². The van der Waals surface area contributed by atoms with E-state index >= 15 is 4.39 Å². The Morgan fingerprint density at radius 1 is 1.09 bits per heavy atom. The summed E-state index contributed by atoms with van der Waals surface area (Å²) in [5.74, 6) is 1.35. The number of ether oxygens (including phenoxy) is 1. The maximum Gasteiger partial charge on any atom is 0.319 e. The summed E-state index contributed by atoms with van der Waals surface area (Å²) in [6, 6.07) is 5.40. The van der Waals surface area contributed by atoms with Gasteiger partial charge in [0.2, 0.25) is 0 Å². The molecule has 10 heteroatoms. The molecule has 4 aliphatic rings. The van der Waals surface area contributed by atoms with E-state index in [1.165, 1.54) is 24.3 Å². The molecule has 0 spiro atoms. The number of terminal acetylenes is 1. The summed E-state index contributed by atoms with van der Waals surface area (Å²) >= 11 is 0. The van der Waals surface area contributed by atoms with Crippen LogP contribution in [0.3, 0.4) is 0 Å². The van der Waals surface area contributed by atoms with Crippen LogP contribution in [0.15, 0.2) is 30.8 Å². The lowest BCUT2D eigenvalue weighted by atomic mass is 9.88. The van der Waals surface area contributed by atoms with Crippen molar-refractivity contribution in [3.05, 3.63) is 53.7 Å². The molecule has 0 amide bonds. The number of nitrogens with zero attached hydrogens (tertiary/aromatic N) is 5. The van der Waals surface area contributed by atoms with Crippen molar-refractivity contribution in [2.45, 2.75) is 56.3 Å². The van der Waals surface area contributed by atoms with Crippen molar-refractivity contribution in [3.8, 4) is 35.4 Å². The number of hydrogen-bond acceptors (Lipinski definition) is 7. The van der Waals surface area contributed by atoms with Crippen LogP contribution in [-0.4, -0.2) is 69.0 Å². The lowest BCUT2D eigenvalue weighted by Gasteiger charge is -2.41. The van der Waals surface area contributed by atoms with Crippen molar-refractivity contribution in [1.82, 2.24) is 19.9 Å². The molecule has 0 unspecified atom stereocenters. The number of aromatic hydroxyl groups is 1. The molecule has 6 heterocycles. The minimum atomic E-state index is -0.916. The molecular weight excluding hydrogens is 567 g/mol. The second-order valence-electron chi connectivity index (χ2n) is 12.4. The predicted molar refractivity (Wildman–Crippen MR) is 162 cm³/mol. The quantitative estimate of drug-likeness (QED) is 0.283. The van der Waals surface area contributed by atoms with E-state index in [0.717, 1.165) is 38.6 Å². The van der Waals surface area contributed by atoms with Crippen LogP contribution in [0, 0.1) is 24.0 Å². The van der Waals surface area contributed by atoms with Gasteiger partial charge in [0.1, 0.15) is 41.4 Å². The summed E-state index contributed by atoms with van der Waals surface area (Å²) in [4.78, 5) is 18.4. The predicted octanol–water partition coefficient (Wildman–Crippen LogP) is 6.15. The summed E-state index contributed by atoms with van der Waals surface area (Å²) in [5.41, 5.74) is 0.682. The highest BCUT2D eigenvalue weighted by Crippen LogP contribution is 2.47. The molecule has 3 fully saturated rings. The molecule has 44 heavy (non-hydrogen) atoms. The topological polar surface area (TPSA) is 74.6 Å². The summed E-state index contributed by atoms with van der Waals surface area (Å²) in [5, 5.41) is 11.7. The molecule has 4 aliphatic heterocycles. The first-order valence-electron chi connectivity index (χ1n) is 15.1. The smallest absolute Gasteiger partial charge is 0.319 e. The van der Waals surface area contributed by atoms with Gasteiger partial charge in [-0.2, -0.15) is 9.97 Å². The number of benzene rings is 2. The fourth-order valence-electron chi connectivity index (χ4n) is 7.92. The van der Waals surface area contributed by atoms with E-state index < -0.39 is 23.3 Å². The Bertz CT molecular complexity index is 1940. The molecule has 8 rings (SSSR count). The highest BCUT2D eigenvalue weighted by molar-refractivity contribution is 6.07. The van der Waals surface area contributed by atoms with Gasteiger partial charge >= 0.3 is 6.01 Å². The van der Waals surface area contributed by atoms with Gasteiger partial charge < -0.3 is 14.7 Å². The first-order valence-corrected chi connectivity index (χ1v) is 15.1. The van der Waals surface area contributed by atoms with E-state index in [1.54, 1.807) is 0 Å². The summed E-state index contributed by atoms with van der Waals surface area (Å²) in [6.45, 7) is 6.48. The Balaban J connectivity index is 1.35. The van der Waals surface area contributed by atoms with E-state index in [2.05, 4.69) is 27.3 Å². The molecule has 3 atom stereocenters. The fourth-order valence-corrected chi connectivity index (χ4v) is 7.92. The van der Waals surface area contributed by atoms with Gasteiger partial charge in [-0.05, 0) is 67.8 Å². The highest BCUT2D eigenvalue weighted by Gasteiger charge is 2.49. The van der Waals surface area contributed by atoms with Gasteiger partial charge in [-0.15, -0.1) is 6.42 Å².